The van der Waals surface area contributed by atoms with Gasteiger partial charge in [-0.25, -0.2) is 0 Å². The maximum absolute atomic E-state index is 10.6. The van der Waals surface area contributed by atoms with Crippen molar-refractivity contribution in [2.45, 2.75) is 119 Å². The molecular weight excluding hydrogens is 464 g/mol. The Morgan fingerprint density at radius 3 is 2.34 bits per heavy atom. The fourth-order valence-corrected chi connectivity index (χ4v) is 9.56. The van der Waals surface area contributed by atoms with E-state index in [9.17, 15) is 10.2 Å². The second-order valence-corrected chi connectivity index (χ2v) is 15.4. The van der Waals surface area contributed by atoms with Crippen LogP contribution in [0, 0.1) is 45.3 Å². The highest BCUT2D eigenvalue weighted by Crippen LogP contribution is 2.62. The van der Waals surface area contributed by atoms with Gasteiger partial charge < -0.3 is 10.2 Å². The number of fused-ring (bicyclic) bond motifs is 2. The van der Waals surface area contributed by atoms with Crippen molar-refractivity contribution < 1.29 is 10.2 Å². The van der Waals surface area contributed by atoms with Crippen LogP contribution in [-0.2, 0) is 6.42 Å². The number of aromatic hydroxyl groups is 2. The molecule has 2 saturated carbocycles. The minimum atomic E-state index is 0.0834. The molecule has 4 aliphatic rings. The molecule has 0 aromatic heterocycles. The minimum absolute atomic E-state index is 0.0834. The zero-order chi connectivity index (χ0) is 27.5. The average Bonchev–Trinajstić information content (AvgIpc) is 2.85. The Hall–Kier alpha value is -1.70. The third-order valence-electron chi connectivity index (χ3n) is 12.8. The van der Waals surface area contributed by atoms with E-state index in [0.29, 0.717) is 28.4 Å². The number of benzene rings is 1. The number of phenolic OH excluding ortho intramolecular Hbond substituents is 2. The van der Waals surface area contributed by atoms with Gasteiger partial charge in [-0.2, -0.15) is 0 Å². The topological polar surface area (TPSA) is 40.5 Å². The summed E-state index contributed by atoms with van der Waals surface area (Å²) in [7, 11) is 0. The molecule has 1 aromatic carbocycles. The highest BCUT2D eigenvalue weighted by atomic mass is 16.3. The zero-order valence-electron chi connectivity index (χ0n) is 25.4. The number of rotatable bonds is 5. The maximum atomic E-state index is 10.6. The Bertz CT molecular complexity index is 1110. The fraction of sp³-hybridized carbons (Fsp3) is 0.722. The van der Waals surface area contributed by atoms with E-state index in [0.717, 1.165) is 30.2 Å². The van der Waals surface area contributed by atoms with Gasteiger partial charge in [-0.3, -0.25) is 0 Å². The van der Waals surface area contributed by atoms with E-state index in [-0.39, 0.29) is 16.6 Å². The monoisotopic (exact) mass is 518 g/mol. The predicted octanol–water partition coefficient (Wildman–Crippen LogP) is 10.00. The summed E-state index contributed by atoms with van der Waals surface area (Å²) in [5, 5.41) is 20.8. The van der Waals surface area contributed by atoms with Crippen LogP contribution >= 0.6 is 0 Å². The molecule has 1 aromatic rings. The molecule has 2 nitrogen and oxygen atoms in total. The molecule has 2 N–H and O–H groups in total. The predicted molar refractivity (Wildman–Crippen MR) is 159 cm³/mol. The quantitative estimate of drug-likeness (QED) is 0.301. The molecule has 38 heavy (non-hydrogen) atoms. The van der Waals surface area contributed by atoms with E-state index in [1.54, 1.807) is 29.3 Å². The summed E-state index contributed by atoms with van der Waals surface area (Å²) >= 11 is 0. The van der Waals surface area contributed by atoms with Crippen molar-refractivity contribution in [3.63, 3.8) is 0 Å². The van der Waals surface area contributed by atoms with E-state index in [1.165, 1.54) is 57.8 Å². The van der Waals surface area contributed by atoms with Crippen LogP contribution in [0.1, 0.15) is 118 Å². The van der Waals surface area contributed by atoms with Crippen LogP contribution in [0.4, 0.5) is 0 Å². The average molecular weight is 519 g/mol. The van der Waals surface area contributed by atoms with Gasteiger partial charge in [0.05, 0.1) is 0 Å². The highest BCUT2D eigenvalue weighted by Gasteiger charge is 2.52. The fourth-order valence-electron chi connectivity index (χ4n) is 9.56. The van der Waals surface area contributed by atoms with E-state index in [4.69, 9.17) is 0 Å². The summed E-state index contributed by atoms with van der Waals surface area (Å²) in [5.74, 6) is 3.18. The molecule has 7 atom stereocenters. The summed E-state index contributed by atoms with van der Waals surface area (Å²) in [5.41, 5.74) is 5.51. The first-order chi connectivity index (χ1) is 17.8. The molecule has 0 saturated heterocycles. The summed E-state index contributed by atoms with van der Waals surface area (Å²) in [6.07, 6.45) is 19.0. The lowest BCUT2D eigenvalue weighted by Crippen LogP contribution is -2.47. The van der Waals surface area contributed by atoms with Crippen LogP contribution in [0.2, 0.25) is 0 Å². The van der Waals surface area contributed by atoms with E-state index in [1.807, 2.05) is 0 Å². The van der Waals surface area contributed by atoms with Crippen molar-refractivity contribution in [3.8, 4) is 11.5 Å². The third-order valence-corrected chi connectivity index (χ3v) is 12.8. The van der Waals surface area contributed by atoms with Crippen molar-refractivity contribution in [2.75, 3.05) is 0 Å². The van der Waals surface area contributed by atoms with Gasteiger partial charge in [0.1, 0.15) is 11.5 Å². The lowest BCUT2D eigenvalue weighted by Gasteiger charge is -2.56. The molecule has 2 heteroatoms. The Morgan fingerprint density at radius 2 is 1.58 bits per heavy atom. The summed E-state index contributed by atoms with van der Waals surface area (Å²) < 4.78 is 0. The van der Waals surface area contributed by atoms with Gasteiger partial charge in [-0.1, -0.05) is 78.2 Å². The maximum Gasteiger partial charge on any atom is 0.119 e. The summed E-state index contributed by atoms with van der Waals surface area (Å²) in [6, 6.07) is 5.03. The SMILES string of the molecule is C[C@@H]1CC=C2C(CCC[C@@]2(C)CC[C@@]2(C)C3=CCCC(C)(C)[C@H]3CC[C@@H]2C)[C@]1(C)Cc1cc(O)ccc1O. The highest BCUT2D eigenvalue weighted by molar-refractivity contribution is 5.40. The first kappa shape index (κ1) is 27.9. The molecule has 0 amide bonds. The lowest BCUT2D eigenvalue weighted by molar-refractivity contribution is 0.0436. The Kier molecular flexibility index (Phi) is 7.14. The molecule has 0 spiro atoms. The Morgan fingerprint density at radius 1 is 0.816 bits per heavy atom. The first-order valence-electron chi connectivity index (χ1n) is 15.7. The molecule has 0 heterocycles. The second-order valence-electron chi connectivity index (χ2n) is 15.4. The van der Waals surface area contributed by atoms with E-state index < -0.39 is 0 Å². The zero-order valence-corrected chi connectivity index (χ0v) is 25.4. The molecular formula is C36H54O2. The van der Waals surface area contributed by atoms with E-state index >= 15 is 0 Å². The standard InChI is InChI=1S/C36H54O2/c1-24-12-15-28-30(10-8-18-33(28,3)4)35(24,6)21-20-34(5)19-9-11-31-29(34)16-13-25(2)36(31,7)23-26-22-27(37)14-17-32(26)38/h10,14,16-17,22,24-25,28,31,37-38H,8-9,11-13,15,18-21,23H2,1-7H3/t24-,25+,28-,31?,34-,35+,36+/m0/s1. The van der Waals surface area contributed by atoms with Crippen molar-refractivity contribution in [1.29, 1.82) is 0 Å². The van der Waals surface area contributed by atoms with Crippen LogP contribution in [0.3, 0.4) is 0 Å². The van der Waals surface area contributed by atoms with Crippen molar-refractivity contribution in [3.05, 3.63) is 47.1 Å². The largest absolute Gasteiger partial charge is 0.508 e. The summed E-state index contributed by atoms with van der Waals surface area (Å²) in [4.78, 5) is 0. The third kappa shape index (κ3) is 4.56. The molecule has 210 valence electrons. The van der Waals surface area contributed by atoms with Crippen LogP contribution < -0.4 is 0 Å². The molecule has 0 radical (unpaired) electrons. The van der Waals surface area contributed by atoms with Crippen molar-refractivity contribution in [1.82, 2.24) is 0 Å². The normalized spacial score (nSPS) is 40.5. The van der Waals surface area contributed by atoms with Crippen LogP contribution in [0.25, 0.3) is 0 Å². The van der Waals surface area contributed by atoms with Gasteiger partial charge in [0.25, 0.3) is 0 Å². The number of allylic oxidation sites excluding steroid dienone is 4. The molecule has 4 aliphatic carbocycles. The number of hydrogen-bond donors (Lipinski definition) is 2. The van der Waals surface area contributed by atoms with Gasteiger partial charge in [-0.05, 0) is 133 Å². The van der Waals surface area contributed by atoms with Gasteiger partial charge in [-0.15, -0.1) is 0 Å². The number of hydrogen-bond acceptors (Lipinski definition) is 2. The van der Waals surface area contributed by atoms with Gasteiger partial charge in [0, 0.05) is 0 Å². The van der Waals surface area contributed by atoms with E-state index in [2.05, 4.69) is 60.6 Å². The van der Waals surface area contributed by atoms with Gasteiger partial charge in [0.2, 0.25) is 0 Å². The molecule has 2 fully saturated rings. The Labute approximate surface area is 233 Å². The minimum Gasteiger partial charge on any atom is -0.508 e. The lowest BCUT2D eigenvalue weighted by atomic mass is 9.48. The molecule has 1 unspecified atom stereocenters. The van der Waals surface area contributed by atoms with Crippen LogP contribution in [0.5, 0.6) is 11.5 Å². The second kappa shape index (κ2) is 9.74. The van der Waals surface area contributed by atoms with Crippen LogP contribution in [-0.4, -0.2) is 10.2 Å². The molecule has 5 rings (SSSR count). The smallest absolute Gasteiger partial charge is 0.119 e. The van der Waals surface area contributed by atoms with Crippen LogP contribution in [0.15, 0.2) is 41.5 Å². The summed E-state index contributed by atoms with van der Waals surface area (Å²) in [6.45, 7) is 17.6. The molecule has 0 bridgehead atoms. The first-order valence-corrected chi connectivity index (χ1v) is 15.7. The Balaban J connectivity index is 1.41. The van der Waals surface area contributed by atoms with Gasteiger partial charge >= 0.3 is 0 Å². The molecule has 0 aliphatic heterocycles. The number of phenols is 2. The van der Waals surface area contributed by atoms with Gasteiger partial charge in [0.15, 0.2) is 0 Å². The van der Waals surface area contributed by atoms with Crippen molar-refractivity contribution in [2.24, 2.45) is 45.3 Å². The van der Waals surface area contributed by atoms with Crippen molar-refractivity contribution >= 4 is 0 Å².